The van der Waals surface area contributed by atoms with E-state index in [9.17, 15) is 18.4 Å². The standard InChI is InChI=1S/C13H14F2O3/c1-7(2)13(18-3)9-4-8(5-16)11(14)10(6-17)12(9)15/h4-7,13H,1-3H3. The van der Waals surface area contributed by atoms with Crippen molar-refractivity contribution in [2.24, 2.45) is 5.92 Å². The lowest BCUT2D eigenvalue weighted by Crippen LogP contribution is -2.14. The maximum Gasteiger partial charge on any atom is 0.156 e. The second kappa shape index (κ2) is 5.82. The molecule has 0 spiro atoms. The summed E-state index contributed by atoms with van der Waals surface area (Å²) in [6.07, 6.45) is -0.338. The number of aldehydes is 2. The fourth-order valence-corrected chi connectivity index (χ4v) is 1.86. The quantitative estimate of drug-likeness (QED) is 0.761. The van der Waals surface area contributed by atoms with Crippen molar-refractivity contribution in [1.82, 2.24) is 0 Å². The average Bonchev–Trinajstić information content (AvgIpc) is 2.33. The third-order valence-corrected chi connectivity index (χ3v) is 2.70. The van der Waals surface area contributed by atoms with E-state index in [1.54, 1.807) is 13.8 Å². The van der Waals surface area contributed by atoms with Gasteiger partial charge in [-0.2, -0.15) is 0 Å². The van der Waals surface area contributed by atoms with Gasteiger partial charge >= 0.3 is 0 Å². The highest BCUT2D eigenvalue weighted by Crippen LogP contribution is 2.30. The van der Waals surface area contributed by atoms with Crippen LogP contribution in [0.1, 0.15) is 46.2 Å². The molecule has 1 aromatic carbocycles. The van der Waals surface area contributed by atoms with E-state index in [0.717, 1.165) is 6.07 Å². The van der Waals surface area contributed by atoms with E-state index in [0.29, 0.717) is 0 Å². The van der Waals surface area contributed by atoms with Gasteiger partial charge in [0.05, 0.1) is 17.2 Å². The topological polar surface area (TPSA) is 43.4 Å². The molecule has 0 saturated heterocycles. The molecule has 0 N–H and O–H groups in total. The lowest BCUT2D eigenvalue weighted by Gasteiger charge is -2.21. The molecule has 0 bridgehead atoms. The molecule has 5 heteroatoms. The maximum absolute atomic E-state index is 14.0. The van der Waals surface area contributed by atoms with Gasteiger partial charge in [-0.05, 0) is 12.0 Å². The van der Waals surface area contributed by atoms with Crippen LogP contribution in [0.3, 0.4) is 0 Å². The van der Waals surface area contributed by atoms with Crippen LogP contribution in [-0.2, 0) is 4.74 Å². The van der Waals surface area contributed by atoms with Crippen LogP contribution in [0.5, 0.6) is 0 Å². The molecule has 3 nitrogen and oxygen atoms in total. The summed E-state index contributed by atoms with van der Waals surface area (Å²) in [7, 11) is 1.38. The second-order valence-corrected chi connectivity index (χ2v) is 4.23. The molecule has 98 valence electrons. The number of halogens is 2. The summed E-state index contributed by atoms with van der Waals surface area (Å²) in [5.41, 5.74) is -1.08. The minimum atomic E-state index is -1.14. The highest BCUT2D eigenvalue weighted by atomic mass is 19.1. The van der Waals surface area contributed by atoms with E-state index in [2.05, 4.69) is 0 Å². The zero-order valence-corrected chi connectivity index (χ0v) is 10.4. The minimum Gasteiger partial charge on any atom is -0.376 e. The van der Waals surface area contributed by atoms with Crippen molar-refractivity contribution in [3.05, 3.63) is 34.4 Å². The van der Waals surface area contributed by atoms with Crippen molar-refractivity contribution >= 4 is 12.6 Å². The lowest BCUT2D eigenvalue weighted by molar-refractivity contribution is 0.0614. The summed E-state index contributed by atoms with van der Waals surface area (Å²) in [4.78, 5) is 21.4. The van der Waals surface area contributed by atoms with Crippen molar-refractivity contribution in [3.8, 4) is 0 Å². The smallest absolute Gasteiger partial charge is 0.156 e. The third kappa shape index (κ3) is 2.46. The minimum absolute atomic E-state index is 0.0121. The first kappa shape index (κ1) is 14.4. The molecule has 0 aliphatic heterocycles. The van der Waals surface area contributed by atoms with Gasteiger partial charge in [-0.1, -0.05) is 13.8 Å². The summed E-state index contributed by atoms with van der Waals surface area (Å²) in [6, 6.07) is 1.08. The molecule has 1 aromatic rings. The molecular formula is C13H14F2O3. The Kier molecular flexibility index (Phi) is 4.67. The second-order valence-electron chi connectivity index (χ2n) is 4.23. The van der Waals surface area contributed by atoms with Crippen LogP contribution in [0.2, 0.25) is 0 Å². The van der Waals surface area contributed by atoms with Gasteiger partial charge in [-0.3, -0.25) is 9.59 Å². The van der Waals surface area contributed by atoms with Crippen molar-refractivity contribution in [2.45, 2.75) is 20.0 Å². The van der Waals surface area contributed by atoms with Crippen LogP contribution >= 0.6 is 0 Å². The zero-order chi connectivity index (χ0) is 13.9. The van der Waals surface area contributed by atoms with E-state index in [1.165, 1.54) is 7.11 Å². The number of carbonyl (C=O) groups is 2. The summed E-state index contributed by atoms with van der Waals surface area (Å²) in [6.45, 7) is 3.58. The molecule has 0 saturated carbocycles. The van der Waals surface area contributed by atoms with Crippen molar-refractivity contribution in [1.29, 1.82) is 0 Å². The molecule has 0 fully saturated rings. The molecule has 1 rings (SSSR count). The maximum atomic E-state index is 14.0. The van der Waals surface area contributed by atoms with E-state index in [-0.39, 0.29) is 29.6 Å². The van der Waals surface area contributed by atoms with Gasteiger partial charge in [0.2, 0.25) is 0 Å². The number of methoxy groups -OCH3 is 1. The van der Waals surface area contributed by atoms with Crippen LogP contribution in [-0.4, -0.2) is 19.7 Å². The molecule has 0 aliphatic rings. The van der Waals surface area contributed by atoms with E-state index < -0.39 is 23.3 Å². The molecule has 18 heavy (non-hydrogen) atoms. The first-order valence-electron chi connectivity index (χ1n) is 5.42. The molecule has 0 amide bonds. The Morgan fingerprint density at radius 3 is 2.17 bits per heavy atom. The highest BCUT2D eigenvalue weighted by Gasteiger charge is 2.25. The first-order valence-corrected chi connectivity index (χ1v) is 5.42. The molecule has 0 aromatic heterocycles. The number of carbonyl (C=O) groups excluding carboxylic acids is 2. The van der Waals surface area contributed by atoms with E-state index in [4.69, 9.17) is 4.74 Å². The number of hydrogen-bond acceptors (Lipinski definition) is 3. The summed E-state index contributed by atoms with van der Waals surface area (Å²) >= 11 is 0. The predicted octanol–water partition coefficient (Wildman–Crippen LogP) is 2.93. The van der Waals surface area contributed by atoms with Gasteiger partial charge in [0.15, 0.2) is 12.6 Å². The van der Waals surface area contributed by atoms with Crippen molar-refractivity contribution < 1.29 is 23.1 Å². The normalized spacial score (nSPS) is 12.6. The Hall–Kier alpha value is -1.62. The molecule has 0 radical (unpaired) electrons. The summed E-state index contributed by atoms with van der Waals surface area (Å²) in [5.74, 6) is -2.21. The van der Waals surface area contributed by atoms with Gasteiger partial charge in [0.1, 0.15) is 11.6 Å². The van der Waals surface area contributed by atoms with E-state index in [1.807, 2.05) is 0 Å². The fraction of sp³-hybridized carbons (Fsp3) is 0.385. The Labute approximate surface area is 104 Å². The van der Waals surface area contributed by atoms with Gasteiger partial charge in [0, 0.05) is 12.7 Å². The predicted molar refractivity (Wildman–Crippen MR) is 61.7 cm³/mol. The van der Waals surface area contributed by atoms with Gasteiger partial charge in [-0.25, -0.2) is 8.78 Å². The Bertz CT molecular complexity index is 470. The lowest BCUT2D eigenvalue weighted by atomic mass is 9.94. The Morgan fingerprint density at radius 1 is 1.17 bits per heavy atom. The molecule has 0 aliphatic carbocycles. The van der Waals surface area contributed by atoms with Crippen LogP contribution in [0.4, 0.5) is 8.78 Å². The average molecular weight is 256 g/mol. The molecule has 1 atom stereocenters. The van der Waals surface area contributed by atoms with Crippen LogP contribution in [0, 0.1) is 17.6 Å². The van der Waals surface area contributed by atoms with Crippen LogP contribution in [0.15, 0.2) is 6.07 Å². The van der Waals surface area contributed by atoms with Crippen molar-refractivity contribution in [3.63, 3.8) is 0 Å². The van der Waals surface area contributed by atoms with Gasteiger partial charge in [-0.15, -0.1) is 0 Å². The Balaban J connectivity index is 3.53. The number of benzene rings is 1. The Morgan fingerprint density at radius 2 is 1.78 bits per heavy atom. The van der Waals surface area contributed by atoms with Crippen LogP contribution < -0.4 is 0 Å². The van der Waals surface area contributed by atoms with Gasteiger partial charge < -0.3 is 4.74 Å². The number of hydrogen-bond donors (Lipinski definition) is 0. The third-order valence-electron chi connectivity index (χ3n) is 2.70. The first-order chi connectivity index (χ1) is 8.47. The number of rotatable bonds is 5. The van der Waals surface area contributed by atoms with Crippen LogP contribution in [0.25, 0.3) is 0 Å². The van der Waals surface area contributed by atoms with Gasteiger partial charge in [0.25, 0.3) is 0 Å². The largest absolute Gasteiger partial charge is 0.376 e. The van der Waals surface area contributed by atoms with E-state index >= 15 is 0 Å². The highest BCUT2D eigenvalue weighted by molar-refractivity contribution is 5.83. The summed E-state index contributed by atoms with van der Waals surface area (Å²) in [5, 5.41) is 0. The molecular weight excluding hydrogens is 242 g/mol. The molecule has 0 heterocycles. The fourth-order valence-electron chi connectivity index (χ4n) is 1.86. The van der Waals surface area contributed by atoms with Crippen molar-refractivity contribution in [2.75, 3.05) is 7.11 Å². The zero-order valence-electron chi connectivity index (χ0n) is 10.4. The molecule has 1 unspecified atom stereocenters. The monoisotopic (exact) mass is 256 g/mol. The summed E-state index contributed by atoms with van der Waals surface area (Å²) < 4.78 is 32.6. The SMILES string of the molecule is COC(c1cc(C=O)c(F)c(C=O)c1F)C(C)C. The number of ether oxygens (including phenoxy) is 1.